The number of anilines is 2. The highest BCUT2D eigenvalue weighted by atomic mass is 35.5. The van der Waals surface area contributed by atoms with Crippen molar-refractivity contribution in [1.82, 2.24) is 0 Å². The zero-order valence-corrected chi connectivity index (χ0v) is 16.0. The van der Waals surface area contributed by atoms with Crippen molar-refractivity contribution in [3.8, 4) is 0 Å². The van der Waals surface area contributed by atoms with Crippen LogP contribution in [0.5, 0.6) is 0 Å². The normalized spacial score (nSPS) is 16.6. The lowest BCUT2D eigenvalue weighted by Gasteiger charge is -2.28. The number of nitrogens with zero attached hydrogens (tertiary/aromatic N) is 1. The van der Waals surface area contributed by atoms with Crippen LogP contribution in [0.25, 0.3) is 0 Å². The summed E-state index contributed by atoms with van der Waals surface area (Å²) in [4.78, 5) is 12.5. The van der Waals surface area contributed by atoms with Gasteiger partial charge in [-0.15, -0.1) is 0 Å². The lowest BCUT2D eigenvalue weighted by Crippen LogP contribution is -2.37. The van der Waals surface area contributed by atoms with Crippen molar-refractivity contribution in [3.05, 3.63) is 58.6 Å². The monoisotopic (exact) mass is 432 g/mol. The topological polar surface area (TPSA) is 66.5 Å². The van der Waals surface area contributed by atoms with Gasteiger partial charge in [-0.3, -0.25) is 9.10 Å². The molecule has 0 radical (unpaired) electrons. The summed E-state index contributed by atoms with van der Waals surface area (Å²) in [5, 5.41) is 1.91. The fourth-order valence-corrected chi connectivity index (χ4v) is 4.76. The maximum absolute atomic E-state index is 13.0. The van der Waals surface area contributed by atoms with E-state index in [2.05, 4.69) is 5.32 Å². The largest absolute Gasteiger partial charge is 0.417 e. The number of rotatable bonds is 3. The van der Waals surface area contributed by atoms with Crippen molar-refractivity contribution in [2.75, 3.05) is 21.9 Å². The van der Waals surface area contributed by atoms with E-state index >= 15 is 0 Å². The standard InChI is InChI=1S/C18H16ClF3N2O3S/c19-16-7-6-13(11-15(16)18(20,21)22)23-17(25)12-4-3-5-14(10-12)24-8-1-2-9-28(24,26)27/h3-7,10-11H,1-2,8-9H2,(H,23,25). The maximum Gasteiger partial charge on any atom is 0.417 e. The van der Waals surface area contributed by atoms with Gasteiger partial charge in [0.2, 0.25) is 10.0 Å². The lowest BCUT2D eigenvalue weighted by atomic mass is 10.1. The van der Waals surface area contributed by atoms with Gasteiger partial charge in [-0.25, -0.2) is 8.42 Å². The van der Waals surface area contributed by atoms with Crippen molar-refractivity contribution in [2.45, 2.75) is 19.0 Å². The van der Waals surface area contributed by atoms with E-state index in [1.54, 1.807) is 6.07 Å². The molecular formula is C18H16ClF3N2O3S. The van der Waals surface area contributed by atoms with E-state index in [4.69, 9.17) is 11.6 Å². The number of alkyl halides is 3. The Kier molecular flexibility index (Phi) is 5.58. The zero-order valence-electron chi connectivity index (χ0n) is 14.5. The van der Waals surface area contributed by atoms with Gasteiger partial charge in [0.1, 0.15) is 0 Å². The Labute approximate surface area is 165 Å². The van der Waals surface area contributed by atoms with Crippen LogP contribution in [0.4, 0.5) is 24.5 Å². The second-order valence-corrected chi connectivity index (χ2v) is 8.71. The van der Waals surface area contributed by atoms with Gasteiger partial charge in [0.25, 0.3) is 5.91 Å². The Bertz CT molecular complexity index is 1010. The van der Waals surface area contributed by atoms with Crippen LogP contribution in [0.1, 0.15) is 28.8 Å². The molecular weight excluding hydrogens is 417 g/mol. The number of amides is 1. The van der Waals surface area contributed by atoms with E-state index in [1.807, 2.05) is 0 Å². The Morgan fingerprint density at radius 2 is 1.86 bits per heavy atom. The quantitative estimate of drug-likeness (QED) is 0.774. The number of hydrogen-bond donors (Lipinski definition) is 1. The van der Waals surface area contributed by atoms with E-state index in [0.717, 1.165) is 12.1 Å². The van der Waals surface area contributed by atoms with Crippen molar-refractivity contribution in [1.29, 1.82) is 0 Å². The number of halogens is 4. The van der Waals surface area contributed by atoms with E-state index in [0.29, 0.717) is 25.1 Å². The van der Waals surface area contributed by atoms with Gasteiger partial charge >= 0.3 is 6.18 Å². The second-order valence-electron chi connectivity index (χ2n) is 6.29. The number of carbonyl (C=O) groups is 1. The first-order valence-electron chi connectivity index (χ1n) is 8.36. The van der Waals surface area contributed by atoms with Crippen LogP contribution in [0.3, 0.4) is 0 Å². The summed E-state index contributed by atoms with van der Waals surface area (Å²) in [6, 6.07) is 9.01. The Morgan fingerprint density at radius 3 is 2.54 bits per heavy atom. The molecule has 3 rings (SSSR count). The Morgan fingerprint density at radius 1 is 1.11 bits per heavy atom. The van der Waals surface area contributed by atoms with Gasteiger partial charge < -0.3 is 5.32 Å². The zero-order chi connectivity index (χ0) is 20.5. The SMILES string of the molecule is O=C(Nc1ccc(Cl)c(C(F)(F)F)c1)c1cccc(N2CCCCS2(=O)=O)c1. The third-order valence-corrected chi connectivity index (χ3v) is 6.47. The molecule has 150 valence electrons. The summed E-state index contributed by atoms with van der Waals surface area (Å²) in [5.41, 5.74) is -0.654. The molecule has 1 aliphatic rings. The number of hydrogen-bond acceptors (Lipinski definition) is 3. The summed E-state index contributed by atoms with van der Waals surface area (Å²) >= 11 is 5.57. The van der Waals surface area contributed by atoms with Crippen LogP contribution in [0.2, 0.25) is 5.02 Å². The molecule has 0 atom stereocenters. The van der Waals surface area contributed by atoms with Gasteiger partial charge in [-0.05, 0) is 49.2 Å². The van der Waals surface area contributed by atoms with Crippen molar-refractivity contribution in [3.63, 3.8) is 0 Å². The lowest BCUT2D eigenvalue weighted by molar-refractivity contribution is -0.137. The molecule has 1 aliphatic heterocycles. The maximum atomic E-state index is 13.0. The highest BCUT2D eigenvalue weighted by molar-refractivity contribution is 7.92. The summed E-state index contributed by atoms with van der Waals surface area (Å²) in [7, 11) is -3.44. The van der Waals surface area contributed by atoms with Gasteiger partial charge in [0.15, 0.2) is 0 Å². The average Bonchev–Trinajstić information content (AvgIpc) is 2.62. The van der Waals surface area contributed by atoms with E-state index in [1.165, 1.54) is 28.6 Å². The molecule has 2 aromatic carbocycles. The first-order chi connectivity index (χ1) is 13.1. The molecule has 0 bridgehead atoms. The van der Waals surface area contributed by atoms with Gasteiger partial charge in [-0.1, -0.05) is 17.7 Å². The molecule has 1 fully saturated rings. The minimum atomic E-state index is -4.65. The molecule has 0 aromatic heterocycles. The van der Waals surface area contributed by atoms with Crippen LogP contribution in [0.15, 0.2) is 42.5 Å². The molecule has 0 unspecified atom stereocenters. The molecule has 0 aliphatic carbocycles. The first-order valence-corrected chi connectivity index (χ1v) is 10.4. The van der Waals surface area contributed by atoms with Gasteiger partial charge in [-0.2, -0.15) is 13.2 Å². The molecule has 2 aromatic rings. The van der Waals surface area contributed by atoms with Crippen LogP contribution in [-0.2, 0) is 16.2 Å². The van der Waals surface area contributed by atoms with Gasteiger partial charge in [0, 0.05) is 17.8 Å². The summed E-state index contributed by atoms with van der Waals surface area (Å²) < 4.78 is 64.6. The minimum Gasteiger partial charge on any atom is -0.322 e. The van der Waals surface area contributed by atoms with Crippen LogP contribution in [-0.4, -0.2) is 26.6 Å². The van der Waals surface area contributed by atoms with Crippen molar-refractivity contribution < 1.29 is 26.4 Å². The molecule has 1 N–H and O–H groups in total. The molecule has 1 saturated heterocycles. The highest BCUT2D eigenvalue weighted by Crippen LogP contribution is 2.36. The Hall–Kier alpha value is -2.26. The van der Waals surface area contributed by atoms with Gasteiger partial charge in [0.05, 0.1) is 22.0 Å². The highest BCUT2D eigenvalue weighted by Gasteiger charge is 2.33. The van der Waals surface area contributed by atoms with E-state index in [9.17, 15) is 26.4 Å². The number of sulfonamides is 1. The molecule has 10 heteroatoms. The fourth-order valence-electron chi connectivity index (χ4n) is 2.90. The number of carbonyl (C=O) groups excluding carboxylic acids is 1. The number of nitrogens with one attached hydrogen (secondary N) is 1. The third-order valence-electron chi connectivity index (χ3n) is 4.28. The predicted molar refractivity (Wildman–Crippen MR) is 101 cm³/mol. The minimum absolute atomic E-state index is 0.0361. The average molecular weight is 433 g/mol. The molecule has 1 heterocycles. The Balaban J connectivity index is 1.84. The van der Waals surface area contributed by atoms with E-state index < -0.39 is 32.7 Å². The summed E-state index contributed by atoms with van der Waals surface area (Å²) in [6.07, 6.45) is -3.36. The number of benzene rings is 2. The van der Waals surface area contributed by atoms with Crippen molar-refractivity contribution >= 4 is 38.9 Å². The molecule has 0 spiro atoms. The summed E-state index contributed by atoms with van der Waals surface area (Å²) in [6.45, 7) is 0.319. The molecule has 1 amide bonds. The van der Waals surface area contributed by atoms with Crippen LogP contribution >= 0.6 is 11.6 Å². The smallest absolute Gasteiger partial charge is 0.322 e. The molecule has 28 heavy (non-hydrogen) atoms. The van der Waals surface area contributed by atoms with E-state index in [-0.39, 0.29) is 17.0 Å². The molecule has 0 saturated carbocycles. The van der Waals surface area contributed by atoms with Crippen molar-refractivity contribution in [2.24, 2.45) is 0 Å². The summed E-state index contributed by atoms with van der Waals surface area (Å²) in [5.74, 6) is -0.624. The second kappa shape index (κ2) is 7.63. The fraction of sp³-hybridized carbons (Fsp3) is 0.278. The predicted octanol–water partition coefficient (Wildman–Crippen LogP) is 4.54. The first kappa shape index (κ1) is 20.5. The third kappa shape index (κ3) is 4.41. The van der Waals surface area contributed by atoms with Crippen LogP contribution in [0, 0.1) is 0 Å². The van der Waals surface area contributed by atoms with Crippen LogP contribution < -0.4 is 9.62 Å². The molecule has 5 nitrogen and oxygen atoms in total.